The number of methoxy groups -OCH3 is 2. The molecule has 5 nitrogen and oxygen atoms in total. The Morgan fingerprint density at radius 3 is 2.36 bits per heavy atom. The average molecular weight is 385 g/mol. The maximum atomic E-state index is 13.2. The minimum Gasteiger partial charge on any atom is -0.493 e. The summed E-state index contributed by atoms with van der Waals surface area (Å²) in [6, 6.07) is 12.6. The number of rotatable bonds is 8. The lowest BCUT2D eigenvalue weighted by Crippen LogP contribution is -2.41. The molecule has 0 aromatic heterocycles. The maximum Gasteiger partial charge on any atom is 0.191 e. The lowest BCUT2D eigenvalue weighted by Gasteiger charge is -2.19. The van der Waals surface area contributed by atoms with E-state index in [2.05, 4.69) is 10.6 Å². The highest BCUT2D eigenvalue weighted by atomic mass is 19.1. The molecular formula is C22H28FN3O2. The highest BCUT2D eigenvalue weighted by Crippen LogP contribution is 2.47. The molecule has 0 aliphatic heterocycles. The first-order valence-corrected chi connectivity index (χ1v) is 9.59. The molecule has 6 heteroatoms. The minimum atomic E-state index is -0.197. The molecule has 0 atom stereocenters. The molecule has 1 fully saturated rings. The summed E-state index contributed by atoms with van der Waals surface area (Å²) in [4.78, 5) is 4.69. The molecule has 1 aliphatic rings. The second-order valence-corrected chi connectivity index (χ2v) is 7.03. The van der Waals surface area contributed by atoms with Crippen molar-refractivity contribution >= 4 is 5.96 Å². The Hall–Kier alpha value is -2.76. The summed E-state index contributed by atoms with van der Waals surface area (Å²) in [7, 11) is 3.25. The predicted molar refractivity (Wildman–Crippen MR) is 110 cm³/mol. The SMILES string of the molecule is CCNC(=NCc1ccc(OC)c(OC)c1)NCC1(c2ccc(F)cc2)CC1. The van der Waals surface area contributed by atoms with Gasteiger partial charge in [0.2, 0.25) is 0 Å². The topological polar surface area (TPSA) is 54.9 Å². The van der Waals surface area contributed by atoms with Gasteiger partial charge in [-0.2, -0.15) is 0 Å². The Balaban J connectivity index is 1.65. The van der Waals surface area contributed by atoms with E-state index in [1.807, 2.05) is 37.3 Å². The largest absolute Gasteiger partial charge is 0.493 e. The molecule has 0 heterocycles. The molecule has 3 rings (SSSR count). The fourth-order valence-electron chi connectivity index (χ4n) is 3.27. The molecule has 1 saturated carbocycles. The Morgan fingerprint density at radius 2 is 1.75 bits per heavy atom. The van der Waals surface area contributed by atoms with Crippen molar-refractivity contribution in [1.82, 2.24) is 10.6 Å². The van der Waals surface area contributed by atoms with Crippen molar-refractivity contribution in [2.45, 2.75) is 31.7 Å². The molecule has 0 unspecified atom stereocenters. The normalized spacial score (nSPS) is 15.1. The van der Waals surface area contributed by atoms with Crippen molar-refractivity contribution in [3.63, 3.8) is 0 Å². The van der Waals surface area contributed by atoms with Gasteiger partial charge in [0.25, 0.3) is 0 Å². The van der Waals surface area contributed by atoms with E-state index >= 15 is 0 Å². The average Bonchev–Trinajstić information content (AvgIpc) is 3.51. The van der Waals surface area contributed by atoms with Gasteiger partial charge in [-0.25, -0.2) is 9.38 Å². The summed E-state index contributed by atoms with van der Waals surface area (Å²) >= 11 is 0. The van der Waals surface area contributed by atoms with Gasteiger partial charge in [-0.15, -0.1) is 0 Å². The summed E-state index contributed by atoms with van der Waals surface area (Å²) < 4.78 is 23.8. The molecule has 0 bridgehead atoms. The Bertz CT molecular complexity index is 817. The van der Waals surface area contributed by atoms with E-state index in [-0.39, 0.29) is 11.2 Å². The summed E-state index contributed by atoms with van der Waals surface area (Å²) in [6.07, 6.45) is 2.20. The Kier molecular flexibility index (Phi) is 6.39. The fraction of sp³-hybridized carbons (Fsp3) is 0.409. The Labute approximate surface area is 166 Å². The van der Waals surface area contributed by atoms with Crippen LogP contribution in [0, 0.1) is 5.82 Å². The standard InChI is InChI=1S/C22H28FN3O2/c1-4-24-21(25-14-16-5-10-19(27-2)20(13-16)28-3)26-15-22(11-12-22)17-6-8-18(23)9-7-17/h5-10,13H,4,11-12,14-15H2,1-3H3,(H2,24,25,26). The minimum absolute atomic E-state index is 0.0766. The molecule has 0 radical (unpaired) electrons. The summed E-state index contributed by atoms with van der Waals surface area (Å²) in [6.45, 7) is 4.12. The molecule has 0 saturated heterocycles. The molecule has 2 N–H and O–H groups in total. The third-order valence-corrected chi connectivity index (χ3v) is 5.12. The molecule has 0 amide bonds. The number of ether oxygens (including phenoxy) is 2. The molecule has 2 aromatic carbocycles. The first kappa shape index (κ1) is 20.0. The number of nitrogens with zero attached hydrogens (tertiary/aromatic N) is 1. The van der Waals surface area contributed by atoms with E-state index in [0.29, 0.717) is 18.0 Å². The van der Waals surface area contributed by atoms with Gasteiger partial charge < -0.3 is 20.1 Å². The molecule has 1 aliphatic carbocycles. The van der Waals surface area contributed by atoms with Gasteiger partial charge in [0.15, 0.2) is 17.5 Å². The first-order valence-electron chi connectivity index (χ1n) is 9.59. The lowest BCUT2D eigenvalue weighted by atomic mass is 9.96. The van der Waals surface area contributed by atoms with E-state index in [1.165, 1.54) is 17.7 Å². The van der Waals surface area contributed by atoms with Gasteiger partial charge in [0, 0.05) is 18.5 Å². The van der Waals surface area contributed by atoms with Crippen LogP contribution in [0.15, 0.2) is 47.5 Å². The van der Waals surface area contributed by atoms with Gasteiger partial charge in [-0.3, -0.25) is 0 Å². The number of nitrogens with one attached hydrogen (secondary N) is 2. The van der Waals surface area contributed by atoms with Crippen molar-refractivity contribution in [1.29, 1.82) is 0 Å². The zero-order chi connectivity index (χ0) is 20.0. The van der Waals surface area contributed by atoms with Crippen LogP contribution in [-0.2, 0) is 12.0 Å². The number of aliphatic imine (C=N–C) groups is 1. The van der Waals surface area contributed by atoms with Crippen LogP contribution in [0.3, 0.4) is 0 Å². The third-order valence-electron chi connectivity index (χ3n) is 5.12. The van der Waals surface area contributed by atoms with Crippen LogP contribution < -0.4 is 20.1 Å². The second-order valence-electron chi connectivity index (χ2n) is 7.03. The third kappa shape index (κ3) is 4.74. The van der Waals surface area contributed by atoms with Gasteiger partial charge in [-0.05, 0) is 55.2 Å². The lowest BCUT2D eigenvalue weighted by molar-refractivity contribution is 0.354. The highest BCUT2D eigenvalue weighted by Gasteiger charge is 2.44. The van der Waals surface area contributed by atoms with Crippen molar-refractivity contribution in [2.75, 3.05) is 27.3 Å². The van der Waals surface area contributed by atoms with Crippen LogP contribution in [0.1, 0.15) is 30.9 Å². The zero-order valence-corrected chi connectivity index (χ0v) is 16.7. The van der Waals surface area contributed by atoms with Gasteiger partial charge in [0.05, 0.1) is 20.8 Å². The number of hydrogen-bond donors (Lipinski definition) is 2. The van der Waals surface area contributed by atoms with Crippen LogP contribution in [0.2, 0.25) is 0 Å². The van der Waals surface area contributed by atoms with Crippen LogP contribution in [0.4, 0.5) is 4.39 Å². The highest BCUT2D eigenvalue weighted by molar-refractivity contribution is 5.80. The van der Waals surface area contributed by atoms with Gasteiger partial charge in [-0.1, -0.05) is 18.2 Å². The van der Waals surface area contributed by atoms with Crippen LogP contribution in [0.25, 0.3) is 0 Å². The number of benzene rings is 2. The van der Waals surface area contributed by atoms with Crippen molar-refractivity contribution in [3.05, 3.63) is 59.4 Å². The summed E-state index contributed by atoms with van der Waals surface area (Å²) in [5, 5.41) is 6.74. The quantitative estimate of drug-likeness (QED) is 0.538. The van der Waals surface area contributed by atoms with Crippen LogP contribution in [-0.4, -0.2) is 33.3 Å². The van der Waals surface area contributed by atoms with Gasteiger partial charge in [0.1, 0.15) is 5.82 Å². The van der Waals surface area contributed by atoms with E-state index in [1.54, 1.807) is 14.2 Å². The van der Waals surface area contributed by atoms with Crippen LogP contribution >= 0.6 is 0 Å². The van der Waals surface area contributed by atoms with E-state index < -0.39 is 0 Å². The van der Waals surface area contributed by atoms with Crippen molar-refractivity contribution in [3.8, 4) is 11.5 Å². The monoisotopic (exact) mass is 385 g/mol. The molecule has 28 heavy (non-hydrogen) atoms. The van der Waals surface area contributed by atoms with Crippen molar-refractivity contribution in [2.24, 2.45) is 4.99 Å². The van der Waals surface area contributed by atoms with E-state index in [9.17, 15) is 4.39 Å². The number of hydrogen-bond acceptors (Lipinski definition) is 3. The zero-order valence-electron chi connectivity index (χ0n) is 16.7. The van der Waals surface area contributed by atoms with Crippen molar-refractivity contribution < 1.29 is 13.9 Å². The smallest absolute Gasteiger partial charge is 0.191 e. The predicted octanol–water partition coefficient (Wildman–Crippen LogP) is 3.63. The first-order chi connectivity index (χ1) is 13.6. The van der Waals surface area contributed by atoms with E-state index in [4.69, 9.17) is 14.5 Å². The molecule has 0 spiro atoms. The van der Waals surface area contributed by atoms with Gasteiger partial charge >= 0.3 is 0 Å². The number of guanidine groups is 1. The summed E-state index contributed by atoms with van der Waals surface area (Å²) in [5.41, 5.74) is 2.29. The Morgan fingerprint density at radius 1 is 1.04 bits per heavy atom. The fourth-order valence-corrected chi connectivity index (χ4v) is 3.27. The second kappa shape index (κ2) is 8.95. The number of halogens is 1. The molecule has 2 aromatic rings. The maximum absolute atomic E-state index is 13.2. The van der Waals surface area contributed by atoms with E-state index in [0.717, 1.165) is 37.5 Å². The van der Waals surface area contributed by atoms with Crippen LogP contribution in [0.5, 0.6) is 11.5 Å². The summed E-state index contributed by atoms with van der Waals surface area (Å²) in [5.74, 6) is 1.97. The molecular weight excluding hydrogens is 357 g/mol. The molecule has 150 valence electrons.